The van der Waals surface area contributed by atoms with Crippen LogP contribution >= 0.6 is 0 Å². The van der Waals surface area contributed by atoms with Gasteiger partial charge < -0.3 is 0 Å². The van der Waals surface area contributed by atoms with Gasteiger partial charge in [-0.15, -0.1) is 4.59 Å². The molecule has 1 aliphatic rings. The second-order valence-corrected chi connectivity index (χ2v) is 4.99. The van der Waals surface area contributed by atoms with Gasteiger partial charge in [0.2, 0.25) is 0 Å². The zero-order valence-corrected chi connectivity index (χ0v) is 10.8. The number of carbonyl (C=O) groups excluding carboxylic acids is 2. The molecule has 5 nitrogen and oxygen atoms in total. The van der Waals surface area contributed by atoms with E-state index in [1.54, 1.807) is 20.2 Å². The summed E-state index contributed by atoms with van der Waals surface area (Å²) in [5, 5.41) is 1.88. The number of rotatable bonds is 1. The summed E-state index contributed by atoms with van der Waals surface area (Å²) in [7, 11) is 3.29. The number of urea groups is 2. The molecule has 0 bridgehead atoms. The van der Waals surface area contributed by atoms with Crippen molar-refractivity contribution in [1.82, 2.24) is 5.43 Å². The molecule has 0 saturated carbocycles. The summed E-state index contributed by atoms with van der Waals surface area (Å²) in [6.45, 7) is 0. The quantitative estimate of drug-likeness (QED) is 0.797. The minimum Gasteiger partial charge on any atom is -0.242 e. The molecule has 0 radical (unpaired) electrons. The fourth-order valence-electron chi connectivity index (χ4n) is 2.29. The summed E-state index contributed by atoms with van der Waals surface area (Å²) in [6.07, 6.45) is 0. The molecule has 4 amide bonds. The van der Waals surface area contributed by atoms with E-state index in [9.17, 15) is 9.59 Å². The molecule has 1 N–H and O–H groups in total. The van der Waals surface area contributed by atoms with Crippen LogP contribution in [0.2, 0.25) is 0 Å². The van der Waals surface area contributed by atoms with E-state index >= 15 is 0 Å². The van der Waals surface area contributed by atoms with E-state index < -0.39 is 6.03 Å². The van der Waals surface area contributed by atoms with Gasteiger partial charge in [0, 0.05) is 5.39 Å². The highest BCUT2D eigenvalue weighted by Crippen LogP contribution is 2.30. The normalized spacial score (nSPS) is 17.9. The first-order chi connectivity index (χ1) is 9.00. The van der Waals surface area contributed by atoms with Gasteiger partial charge in [-0.1, -0.05) is 36.4 Å². The lowest BCUT2D eigenvalue weighted by Gasteiger charge is -2.17. The molecule has 19 heavy (non-hydrogen) atoms. The van der Waals surface area contributed by atoms with Crippen molar-refractivity contribution in [3.63, 3.8) is 0 Å². The maximum atomic E-state index is 12.3. The molecule has 0 atom stereocenters. The van der Waals surface area contributed by atoms with Gasteiger partial charge in [0.1, 0.15) is 14.1 Å². The molecular formula is C14H14N3O2+. The summed E-state index contributed by atoms with van der Waals surface area (Å²) in [5.74, 6) is 0. The zero-order valence-electron chi connectivity index (χ0n) is 10.8. The van der Waals surface area contributed by atoms with Crippen molar-refractivity contribution in [3.8, 4) is 0 Å². The first kappa shape index (κ1) is 11.7. The number of hydrogen-bond acceptors (Lipinski definition) is 2. The SMILES string of the molecule is C[N+]1(C)NC(=O)N(c2cccc3ccccc23)C1=O. The highest BCUT2D eigenvalue weighted by atomic mass is 16.2. The van der Waals surface area contributed by atoms with Gasteiger partial charge >= 0.3 is 12.1 Å². The van der Waals surface area contributed by atoms with E-state index in [1.165, 1.54) is 4.90 Å². The summed E-state index contributed by atoms with van der Waals surface area (Å²) < 4.78 is -0.179. The molecule has 1 heterocycles. The van der Waals surface area contributed by atoms with Gasteiger partial charge in [0.25, 0.3) is 0 Å². The standard InChI is InChI=1S/C14H13N3O2/c1-17(2)14(19)16(13(18)15-17)12-9-5-7-10-6-3-4-8-11(10)12/h3-9H,1-2H3/p+1. The fraction of sp³-hybridized carbons (Fsp3) is 0.143. The molecule has 1 fully saturated rings. The van der Waals surface area contributed by atoms with Crippen LogP contribution in [0.5, 0.6) is 0 Å². The molecule has 2 aromatic rings. The number of anilines is 1. The second-order valence-electron chi connectivity index (χ2n) is 4.99. The predicted octanol–water partition coefficient (Wildman–Crippen LogP) is 2.48. The molecule has 5 heteroatoms. The Labute approximate surface area is 110 Å². The number of quaternary nitrogens is 1. The number of fused-ring (bicyclic) bond motifs is 1. The van der Waals surface area contributed by atoms with Crippen LogP contribution in [0.3, 0.4) is 0 Å². The third-order valence-corrected chi connectivity index (χ3v) is 3.26. The molecule has 96 valence electrons. The Morgan fingerprint density at radius 2 is 1.68 bits per heavy atom. The molecule has 1 saturated heterocycles. The van der Waals surface area contributed by atoms with Crippen LogP contribution < -0.4 is 10.3 Å². The average molecular weight is 256 g/mol. The minimum atomic E-state index is -0.397. The third-order valence-electron chi connectivity index (χ3n) is 3.26. The number of amides is 4. The van der Waals surface area contributed by atoms with Gasteiger partial charge in [-0.2, -0.15) is 10.3 Å². The molecule has 1 aliphatic heterocycles. The Morgan fingerprint density at radius 1 is 1.00 bits per heavy atom. The van der Waals surface area contributed by atoms with Crippen molar-refractivity contribution >= 4 is 28.5 Å². The van der Waals surface area contributed by atoms with Gasteiger partial charge in [0.05, 0.1) is 5.69 Å². The summed E-state index contributed by atoms with van der Waals surface area (Å²) >= 11 is 0. The van der Waals surface area contributed by atoms with Crippen molar-refractivity contribution in [3.05, 3.63) is 42.5 Å². The van der Waals surface area contributed by atoms with Crippen LogP contribution in [-0.4, -0.2) is 30.7 Å². The Balaban J connectivity index is 2.21. The van der Waals surface area contributed by atoms with E-state index in [1.807, 2.05) is 36.4 Å². The predicted molar refractivity (Wildman–Crippen MR) is 72.5 cm³/mol. The molecular weight excluding hydrogens is 242 g/mol. The maximum absolute atomic E-state index is 12.3. The number of benzene rings is 2. The van der Waals surface area contributed by atoms with Gasteiger partial charge in [0.15, 0.2) is 0 Å². The maximum Gasteiger partial charge on any atom is 0.456 e. The van der Waals surface area contributed by atoms with Gasteiger partial charge in [-0.25, -0.2) is 9.59 Å². The lowest BCUT2D eigenvalue weighted by atomic mass is 10.1. The zero-order chi connectivity index (χ0) is 13.6. The Kier molecular flexibility index (Phi) is 2.33. The monoisotopic (exact) mass is 256 g/mol. The number of imide groups is 1. The van der Waals surface area contributed by atoms with Crippen LogP contribution in [-0.2, 0) is 0 Å². The van der Waals surface area contributed by atoms with Crippen LogP contribution in [0.25, 0.3) is 10.8 Å². The third kappa shape index (κ3) is 1.67. The Bertz CT molecular complexity index is 689. The second kappa shape index (κ2) is 3.80. The molecule has 0 aromatic heterocycles. The lowest BCUT2D eigenvalue weighted by molar-refractivity contribution is -0.838. The molecule has 2 aromatic carbocycles. The number of nitrogens with zero attached hydrogens (tertiary/aromatic N) is 2. The minimum absolute atomic E-state index is 0.179. The van der Waals surface area contributed by atoms with Crippen molar-refractivity contribution in [2.45, 2.75) is 0 Å². The molecule has 0 aliphatic carbocycles. The van der Waals surface area contributed by atoms with Crippen molar-refractivity contribution in [2.75, 3.05) is 19.0 Å². The lowest BCUT2D eigenvalue weighted by Crippen LogP contribution is -2.49. The van der Waals surface area contributed by atoms with Crippen LogP contribution in [0.1, 0.15) is 0 Å². The Hall–Kier alpha value is -2.40. The number of nitrogens with one attached hydrogen (secondary N) is 1. The van der Waals surface area contributed by atoms with Crippen molar-refractivity contribution < 1.29 is 14.2 Å². The van der Waals surface area contributed by atoms with Crippen LogP contribution in [0, 0.1) is 0 Å². The summed E-state index contributed by atoms with van der Waals surface area (Å²) in [4.78, 5) is 25.5. The topological polar surface area (TPSA) is 49.4 Å². The first-order valence-corrected chi connectivity index (χ1v) is 5.99. The fourth-order valence-corrected chi connectivity index (χ4v) is 2.29. The molecule has 0 unspecified atom stereocenters. The van der Waals surface area contributed by atoms with E-state index in [0.29, 0.717) is 5.69 Å². The number of carbonyl (C=O) groups is 2. The first-order valence-electron chi connectivity index (χ1n) is 5.99. The van der Waals surface area contributed by atoms with Crippen LogP contribution in [0.4, 0.5) is 15.3 Å². The smallest absolute Gasteiger partial charge is 0.242 e. The molecule has 0 spiro atoms. The van der Waals surface area contributed by atoms with E-state index in [4.69, 9.17) is 0 Å². The van der Waals surface area contributed by atoms with Gasteiger partial charge in [-0.05, 0) is 11.5 Å². The number of hydrogen-bond donors (Lipinski definition) is 1. The van der Waals surface area contributed by atoms with Crippen LogP contribution in [0.15, 0.2) is 42.5 Å². The average Bonchev–Trinajstić information content (AvgIpc) is 2.58. The summed E-state index contributed by atoms with van der Waals surface area (Å²) in [5.41, 5.74) is 3.25. The summed E-state index contributed by atoms with van der Waals surface area (Å²) in [6, 6.07) is 12.6. The Morgan fingerprint density at radius 3 is 2.37 bits per heavy atom. The highest BCUT2D eigenvalue weighted by Gasteiger charge is 2.47. The largest absolute Gasteiger partial charge is 0.456 e. The van der Waals surface area contributed by atoms with E-state index in [0.717, 1.165) is 10.8 Å². The van der Waals surface area contributed by atoms with Crippen molar-refractivity contribution in [1.29, 1.82) is 0 Å². The molecule has 3 rings (SSSR count). The van der Waals surface area contributed by atoms with E-state index in [2.05, 4.69) is 5.43 Å². The van der Waals surface area contributed by atoms with E-state index in [-0.39, 0.29) is 10.6 Å². The highest BCUT2D eigenvalue weighted by molar-refractivity contribution is 6.18. The van der Waals surface area contributed by atoms with Gasteiger partial charge in [-0.3, -0.25) is 0 Å². The van der Waals surface area contributed by atoms with Crippen molar-refractivity contribution in [2.24, 2.45) is 0 Å².